The molecular weight excluding hydrogens is 302 g/mol. The molecule has 1 aromatic rings. The number of rotatable bonds is 5. The van der Waals surface area contributed by atoms with E-state index >= 15 is 0 Å². The SMILES string of the molecule is CCc1nc(Br)cc(NCCC2CCCC(C)C2)n1. The summed E-state index contributed by atoms with van der Waals surface area (Å²) in [6, 6.07) is 1.96. The van der Waals surface area contributed by atoms with Crippen molar-refractivity contribution in [2.45, 2.75) is 52.4 Å². The second kappa shape index (κ2) is 7.22. The van der Waals surface area contributed by atoms with Gasteiger partial charge in [-0.3, -0.25) is 0 Å². The van der Waals surface area contributed by atoms with Crippen molar-refractivity contribution in [1.29, 1.82) is 0 Å². The van der Waals surface area contributed by atoms with Gasteiger partial charge >= 0.3 is 0 Å². The summed E-state index contributed by atoms with van der Waals surface area (Å²) in [6.07, 6.45) is 7.75. The Morgan fingerprint density at radius 1 is 1.37 bits per heavy atom. The molecule has 0 aliphatic heterocycles. The minimum atomic E-state index is 0.869. The van der Waals surface area contributed by atoms with E-state index in [9.17, 15) is 0 Å². The van der Waals surface area contributed by atoms with E-state index in [-0.39, 0.29) is 0 Å². The van der Waals surface area contributed by atoms with Gasteiger partial charge < -0.3 is 5.32 Å². The molecule has 19 heavy (non-hydrogen) atoms. The predicted molar refractivity (Wildman–Crippen MR) is 83.3 cm³/mol. The fourth-order valence-corrected chi connectivity index (χ4v) is 3.36. The zero-order valence-electron chi connectivity index (χ0n) is 12.0. The highest BCUT2D eigenvalue weighted by Crippen LogP contribution is 2.30. The van der Waals surface area contributed by atoms with Crippen LogP contribution in [-0.2, 0) is 6.42 Å². The third-order valence-corrected chi connectivity index (χ3v) is 4.37. The van der Waals surface area contributed by atoms with Crippen molar-refractivity contribution >= 4 is 21.7 Å². The fourth-order valence-electron chi connectivity index (χ4n) is 2.94. The maximum Gasteiger partial charge on any atom is 0.131 e. The van der Waals surface area contributed by atoms with E-state index in [1.54, 1.807) is 0 Å². The van der Waals surface area contributed by atoms with Crippen LogP contribution in [0.3, 0.4) is 0 Å². The molecule has 2 atom stereocenters. The molecule has 2 rings (SSSR count). The lowest BCUT2D eigenvalue weighted by molar-refractivity contribution is 0.274. The Bertz CT molecular complexity index is 408. The molecule has 106 valence electrons. The molecule has 1 aliphatic rings. The van der Waals surface area contributed by atoms with E-state index in [1.165, 1.54) is 32.1 Å². The molecule has 1 aromatic heterocycles. The van der Waals surface area contributed by atoms with Gasteiger partial charge in [-0.05, 0) is 40.6 Å². The number of halogens is 1. The molecule has 0 aromatic carbocycles. The molecule has 0 bridgehead atoms. The zero-order chi connectivity index (χ0) is 13.7. The van der Waals surface area contributed by atoms with Crippen LogP contribution in [0.2, 0.25) is 0 Å². The molecular formula is C15H24BrN3. The van der Waals surface area contributed by atoms with Gasteiger partial charge in [0, 0.05) is 19.0 Å². The molecule has 0 amide bonds. The molecule has 0 saturated heterocycles. The molecule has 2 unspecified atom stereocenters. The van der Waals surface area contributed by atoms with Gasteiger partial charge in [0.05, 0.1) is 0 Å². The number of hydrogen-bond donors (Lipinski definition) is 1. The number of nitrogens with one attached hydrogen (secondary N) is 1. The van der Waals surface area contributed by atoms with Crippen molar-refractivity contribution < 1.29 is 0 Å². The Hall–Kier alpha value is -0.640. The molecule has 1 saturated carbocycles. The second-order valence-corrected chi connectivity index (χ2v) is 6.51. The fraction of sp³-hybridized carbons (Fsp3) is 0.733. The van der Waals surface area contributed by atoms with Crippen LogP contribution in [0.5, 0.6) is 0 Å². The summed E-state index contributed by atoms with van der Waals surface area (Å²) in [5.41, 5.74) is 0. The van der Waals surface area contributed by atoms with Gasteiger partial charge in [-0.15, -0.1) is 0 Å². The average Bonchev–Trinajstić information content (AvgIpc) is 2.38. The van der Waals surface area contributed by atoms with Crippen LogP contribution in [0.15, 0.2) is 10.7 Å². The smallest absolute Gasteiger partial charge is 0.131 e. The normalized spacial score (nSPS) is 23.3. The summed E-state index contributed by atoms with van der Waals surface area (Å²) < 4.78 is 0.869. The standard InChI is InChI=1S/C15H24BrN3/c1-3-14-18-13(16)10-15(19-14)17-8-7-12-6-4-5-11(2)9-12/h10-12H,3-9H2,1-2H3,(H,17,18,19). The van der Waals surface area contributed by atoms with Gasteiger partial charge in [0.15, 0.2) is 0 Å². The molecule has 3 nitrogen and oxygen atoms in total. The van der Waals surface area contributed by atoms with Gasteiger partial charge in [-0.2, -0.15) is 0 Å². The minimum Gasteiger partial charge on any atom is -0.370 e. The zero-order valence-corrected chi connectivity index (χ0v) is 13.5. The quantitative estimate of drug-likeness (QED) is 0.814. The number of hydrogen-bond acceptors (Lipinski definition) is 3. The molecule has 1 heterocycles. The molecule has 1 fully saturated rings. The van der Waals surface area contributed by atoms with E-state index in [2.05, 4.69) is 45.1 Å². The van der Waals surface area contributed by atoms with Crippen LogP contribution in [0.4, 0.5) is 5.82 Å². The van der Waals surface area contributed by atoms with E-state index < -0.39 is 0 Å². The molecule has 0 radical (unpaired) electrons. The minimum absolute atomic E-state index is 0.869. The first kappa shape index (κ1) is 14.8. The Balaban J connectivity index is 1.80. The van der Waals surface area contributed by atoms with Crippen molar-refractivity contribution in [3.05, 3.63) is 16.5 Å². The molecule has 4 heteroatoms. The summed E-state index contributed by atoms with van der Waals surface area (Å²) in [5.74, 6) is 3.65. The van der Waals surface area contributed by atoms with Crippen LogP contribution < -0.4 is 5.32 Å². The van der Waals surface area contributed by atoms with Gasteiger partial charge in [0.25, 0.3) is 0 Å². The van der Waals surface area contributed by atoms with E-state index in [0.29, 0.717) is 0 Å². The van der Waals surface area contributed by atoms with Gasteiger partial charge in [0.1, 0.15) is 16.2 Å². The van der Waals surface area contributed by atoms with Crippen LogP contribution >= 0.6 is 15.9 Å². The van der Waals surface area contributed by atoms with Crippen molar-refractivity contribution in [1.82, 2.24) is 9.97 Å². The van der Waals surface area contributed by atoms with Crippen molar-refractivity contribution in [3.63, 3.8) is 0 Å². The first-order valence-electron chi connectivity index (χ1n) is 7.44. The second-order valence-electron chi connectivity index (χ2n) is 5.70. The number of aryl methyl sites for hydroxylation is 1. The van der Waals surface area contributed by atoms with E-state index in [0.717, 1.165) is 41.0 Å². The van der Waals surface area contributed by atoms with Gasteiger partial charge in [-0.1, -0.05) is 33.1 Å². The van der Waals surface area contributed by atoms with E-state index in [1.807, 2.05) is 6.07 Å². The molecule has 1 N–H and O–H groups in total. The van der Waals surface area contributed by atoms with Crippen LogP contribution in [-0.4, -0.2) is 16.5 Å². The Morgan fingerprint density at radius 3 is 2.95 bits per heavy atom. The highest BCUT2D eigenvalue weighted by molar-refractivity contribution is 9.10. The van der Waals surface area contributed by atoms with Crippen molar-refractivity contribution in [2.75, 3.05) is 11.9 Å². The Labute approximate surface area is 124 Å². The summed E-state index contributed by atoms with van der Waals surface area (Å²) in [4.78, 5) is 8.82. The van der Waals surface area contributed by atoms with Gasteiger partial charge in [0.2, 0.25) is 0 Å². The highest BCUT2D eigenvalue weighted by atomic mass is 79.9. The van der Waals surface area contributed by atoms with Crippen LogP contribution in [0.25, 0.3) is 0 Å². The summed E-state index contributed by atoms with van der Waals surface area (Å²) >= 11 is 3.44. The lowest BCUT2D eigenvalue weighted by Gasteiger charge is -2.26. The van der Waals surface area contributed by atoms with Crippen molar-refractivity contribution in [2.24, 2.45) is 11.8 Å². The van der Waals surface area contributed by atoms with Crippen molar-refractivity contribution in [3.8, 4) is 0 Å². The number of aromatic nitrogens is 2. The highest BCUT2D eigenvalue weighted by Gasteiger charge is 2.18. The summed E-state index contributed by atoms with van der Waals surface area (Å²) in [5, 5.41) is 3.44. The Morgan fingerprint density at radius 2 is 2.21 bits per heavy atom. The van der Waals surface area contributed by atoms with Gasteiger partial charge in [-0.25, -0.2) is 9.97 Å². The van der Waals surface area contributed by atoms with E-state index in [4.69, 9.17) is 0 Å². The van der Waals surface area contributed by atoms with Crippen LogP contribution in [0, 0.1) is 11.8 Å². The predicted octanol–water partition coefficient (Wildman–Crippen LogP) is 4.43. The number of nitrogens with zero attached hydrogens (tertiary/aromatic N) is 2. The monoisotopic (exact) mass is 325 g/mol. The Kier molecular flexibility index (Phi) is 5.61. The van der Waals surface area contributed by atoms with Crippen LogP contribution in [0.1, 0.15) is 51.8 Å². The molecule has 0 spiro atoms. The third kappa shape index (κ3) is 4.75. The summed E-state index contributed by atoms with van der Waals surface area (Å²) in [6.45, 7) is 5.48. The largest absolute Gasteiger partial charge is 0.370 e. The maximum absolute atomic E-state index is 4.50. The lowest BCUT2D eigenvalue weighted by Crippen LogP contribution is -2.17. The lowest BCUT2D eigenvalue weighted by atomic mass is 9.81. The first-order valence-corrected chi connectivity index (χ1v) is 8.24. The molecule has 1 aliphatic carbocycles. The maximum atomic E-state index is 4.50. The summed E-state index contributed by atoms with van der Waals surface area (Å²) in [7, 11) is 0. The topological polar surface area (TPSA) is 37.8 Å². The number of anilines is 1. The third-order valence-electron chi connectivity index (χ3n) is 3.96. The first-order chi connectivity index (χ1) is 9.17. The average molecular weight is 326 g/mol.